The van der Waals surface area contributed by atoms with Gasteiger partial charge in [0.2, 0.25) is 5.91 Å². The summed E-state index contributed by atoms with van der Waals surface area (Å²) in [6.07, 6.45) is 0. The molecule has 0 spiro atoms. The molecule has 0 saturated heterocycles. The van der Waals surface area contributed by atoms with Crippen molar-refractivity contribution in [3.05, 3.63) is 64.5 Å². The second-order valence-corrected chi connectivity index (χ2v) is 8.46. The van der Waals surface area contributed by atoms with Gasteiger partial charge in [0.05, 0.1) is 5.69 Å². The first-order valence-corrected chi connectivity index (χ1v) is 10.5. The molecule has 2 aromatic carbocycles. The van der Waals surface area contributed by atoms with Gasteiger partial charge >= 0.3 is 0 Å². The monoisotopic (exact) mass is 443 g/mol. The molecule has 3 rings (SSSR count). The maximum Gasteiger partial charge on any atom is 0.269 e. The zero-order valence-electron chi connectivity index (χ0n) is 16.9. The zero-order chi connectivity index (χ0) is 21.7. The van der Waals surface area contributed by atoms with Crippen molar-refractivity contribution in [3.63, 3.8) is 0 Å². The predicted molar refractivity (Wildman–Crippen MR) is 120 cm³/mol. The number of rotatable bonds is 7. The highest BCUT2D eigenvalue weighted by Gasteiger charge is 2.30. The Labute approximate surface area is 184 Å². The summed E-state index contributed by atoms with van der Waals surface area (Å²) in [7, 11) is 0. The number of hydrogen-bond donors (Lipinski definition) is 2. The fraction of sp³-hybridized carbons (Fsp3) is 0.227. The van der Waals surface area contributed by atoms with Gasteiger partial charge in [0, 0.05) is 29.4 Å². The van der Waals surface area contributed by atoms with E-state index in [-0.39, 0.29) is 11.8 Å². The molecule has 30 heavy (non-hydrogen) atoms. The summed E-state index contributed by atoms with van der Waals surface area (Å²) < 4.78 is 5.81. The molecule has 8 heteroatoms. The van der Waals surface area contributed by atoms with Gasteiger partial charge in [-0.05, 0) is 43.7 Å². The Balaban J connectivity index is 1.63. The molecule has 0 unspecified atom stereocenters. The van der Waals surface area contributed by atoms with E-state index in [1.54, 1.807) is 38.1 Å². The normalized spacial score (nSPS) is 11.1. The maximum absolute atomic E-state index is 12.7. The van der Waals surface area contributed by atoms with E-state index in [0.29, 0.717) is 22.4 Å². The van der Waals surface area contributed by atoms with Crippen LogP contribution in [0.25, 0.3) is 11.3 Å². The minimum Gasteiger partial charge on any atom is -0.478 e. The Morgan fingerprint density at radius 3 is 2.40 bits per heavy atom. The quantitative estimate of drug-likeness (QED) is 0.544. The van der Waals surface area contributed by atoms with Crippen molar-refractivity contribution in [1.29, 1.82) is 0 Å². The van der Waals surface area contributed by atoms with E-state index in [9.17, 15) is 9.59 Å². The van der Waals surface area contributed by atoms with Crippen molar-refractivity contribution in [2.75, 3.05) is 5.32 Å². The lowest BCUT2D eigenvalue weighted by atomic mass is 10.1. The minimum atomic E-state index is -1.09. The van der Waals surface area contributed by atoms with Crippen molar-refractivity contribution >= 4 is 39.9 Å². The maximum atomic E-state index is 12.7. The van der Waals surface area contributed by atoms with E-state index >= 15 is 0 Å². The Bertz CT molecular complexity index is 1030. The van der Waals surface area contributed by atoms with Crippen molar-refractivity contribution in [1.82, 2.24) is 10.3 Å². The SMILES string of the molecule is CC(=O)NCc1ccc(-c2csc(NC(=O)C(C)(C)Oc3ccc(Cl)cc3)n2)cc1. The highest BCUT2D eigenvalue weighted by Crippen LogP contribution is 2.27. The van der Waals surface area contributed by atoms with Gasteiger partial charge in [0.1, 0.15) is 5.75 Å². The molecule has 2 amide bonds. The van der Waals surface area contributed by atoms with Crippen LogP contribution in [0.15, 0.2) is 53.9 Å². The van der Waals surface area contributed by atoms with Crippen LogP contribution in [0.4, 0.5) is 5.13 Å². The number of aromatic nitrogens is 1. The Morgan fingerprint density at radius 1 is 1.10 bits per heavy atom. The van der Waals surface area contributed by atoms with E-state index in [2.05, 4.69) is 15.6 Å². The Morgan fingerprint density at radius 2 is 1.77 bits per heavy atom. The number of carbonyl (C=O) groups is 2. The molecule has 1 aromatic heterocycles. The molecule has 0 radical (unpaired) electrons. The summed E-state index contributed by atoms with van der Waals surface area (Å²) in [5.74, 6) is 0.185. The molecule has 0 aliphatic heterocycles. The number of ether oxygens (including phenoxy) is 1. The van der Waals surface area contributed by atoms with E-state index < -0.39 is 5.60 Å². The molecule has 0 bridgehead atoms. The van der Waals surface area contributed by atoms with Gasteiger partial charge in [-0.15, -0.1) is 11.3 Å². The topological polar surface area (TPSA) is 80.3 Å². The summed E-state index contributed by atoms with van der Waals surface area (Å²) in [5.41, 5.74) is 1.59. The zero-order valence-corrected chi connectivity index (χ0v) is 18.4. The highest BCUT2D eigenvalue weighted by molar-refractivity contribution is 7.14. The van der Waals surface area contributed by atoms with Gasteiger partial charge in [0.15, 0.2) is 10.7 Å². The van der Waals surface area contributed by atoms with Crippen molar-refractivity contribution in [2.45, 2.75) is 32.9 Å². The number of anilines is 1. The molecule has 0 saturated carbocycles. The number of nitrogens with zero attached hydrogens (tertiary/aromatic N) is 1. The smallest absolute Gasteiger partial charge is 0.269 e. The lowest BCUT2D eigenvalue weighted by Crippen LogP contribution is -2.42. The molecule has 0 atom stereocenters. The van der Waals surface area contributed by atoms with Crippen LogP contribution in [0.5, 0.6) is 5.75 Å². The first-order chi connectivity index (χ1) is 14.2. The van der Waals surface area contributed by atoms with E-state index in [1.807, 2.05) is 29.6 Å². The largest absolute Gasteiger partial charge is 0.478 e. The second kappa shape index (κ2) is 9.28. The summed E-state index contributed by atoms with van der Waals surface area (Å²) in [5, 5.41) is 8.55. The van der Waals surface area contributed by atoms with Crippen LogP contribution in [0.1, 0.15) is 26.3 Å². The molecule has 6 nitrogen and oxygen atoms in total. The molecule has 0 aliphatic rings. The molecular weight excluding hydrogens is 422 g/mol. The van der Waals surface area contributed by atoms with Crippen LogP contribution < -0.4 is 15.4 Å². The summed E-state index contributed by atoms with van der Waals surface area (Å²) in [6, 6.07) is 14.6. The third kappa shape index (κ3) is 5.81. The first-order valence-electron chi connectivity index (χ1n) is 9.28. The van der Waals surface area contributed by atoms with Crippen molar-refractivity contribution < 1.29 is 14.3 Å². The molecule has 156 valence electrons. The number of halogens is 1. The number of hydrogen-bond acceptors (Lipinski definition) is 5. The molecule has 0 aliphatic carbocycles. The van der Waals surface area contributed by atoms with Crippen LogP contribution in [-0.2, 0) is 16.1 Å². The van der Waals surface area contributed by atoms with Crippen LogP contribution in [0, 0.1) is 0 Å². The fourth-order valence-electron chi connectivity index (χ4n) is 2.57. The number of carbonyl (C=O) groups excluding carboxylic acids is 2. The van der Waals surface area contributed by atoms with Crippen LogP contribution in [0.3, 0.4) is 0 Å². The van der Waals surface area contributed by atoms with Crippen LogP contribution >= 0.6 is 22.9 Å². The van der Waals surface area contributed by atoms with Gasteiger partial charge in [-0.1, -0.05) is 35.9 Å². The minimum absolute atomic E-state index is 0.0677. The molecule has 0 fully saturated rings. The predicted octanol–water partition coefficient (Wildman–Crippen LogP) is 4.90. The fourth-order valence-corrected chi connectivity index (χ4v) is 3.42. The van der Waals surface area contributed by atoms with Crippen molar-refractivity contribution in [2.24, 2.45) is 0 Å². The lowest BCUT2D eigenvalue weighted by molar-refractivity contribution is -0.128. The third-order valence-electron chi connectivity index (χ3n) is 4.25. The van der Waals surface area contributed by atoms with Gasteiger partial charge in [-0.3, -0.25) is 14.9 Å². The van der Waals surface area contributed by atoms with Gasteiger partial charge in [0.25, 0.3) is 5.91 Å². The summed E-state index contributed by atoms with van der Waals surface area (Å²) in [6.45, 7) is 5.36. The van der Waals surface area contributed by atoms with E-state index in [4.69, 9.17) is 16.3 Å². The van der Waals surface area contributed by atoms with E-state index in [1.165, 1.54) is 18.3 Å². The van der Waals surface area contributed by atoms with Crippen LogP contribution in [-0.4, -0.2) is 22.4 Å². The van der Waals surface area contributed by atoms with Gasteiger partial charge in [-0.25, -0.2) is 4.98 Å². The van der Waals surface area contributed by atoms with Crippen LogP contribution in [0.2, 0.25) is 5.02 Å². The van der Waals surface area contributed by atoms with Gasteiger partial charge < -0.3 is 10.1 Å². The molecule has 1 heterocycles. The standard InChI is InChI=1S/C22H22ClN3O3S/c1-14(27)24-12-15-4-6-16(7-5-15)19-13-30-21(25-19)26-20(28)22(2,3)29-18-10-8-17(23)9-11-18/h4-11,13H,12H2,1-3H3,(H,24,27)(H,25,26,28). The average Bonchev–Trinajstić information content (AvgIpc) is 3.17. The average molecular weight is 444 g/mol. The van der Waals surface area contributed by atoms with Crippen molar-refractivity contribution in [3.8, 4) is 17.0 Å². The second-order valence-electron chi connectivity index (χ2n) is 7.16. The Kier molecular flexibility index (Phi) is 6.74. The lowest BCUT2D eigenvalue weighted by Gasteiger charge is -2.24. The van der Waals surface area contributed by atoms with Gasteiger partial charge in [-0.2, -0.15) is 0 Å². The third-order valence-corrected chi connectivity index (χ3v) is 5.26. The number of amides is 2. The highest BCUT2D eigenvalue weighted by atomic mass is 35.5. The summed E-state index contributed by atoms with van der Waals surface area (Å²) in [4.78, 5) is 28.2. The number of nitrogens with one attached hydrogen (secondary N) is 2. The summed E-state index contributed by atoms with van der Waals surface area (Å²) >= 11 is 7.23. The molecule has 3 aromatic rings. The number of thiazole rings is 1. The molecule has 2 N–H and O–H groups in total. The van der Waals surface area contributed by atoms with E-state index in [0.717, 1.165) is 16.8 Å². The first kappa shape index (κ1) is 21.8. The molecular formula is C22H22ClN3O3S. The Hall–Kier alpha value is -2.90. The number of benzene rings is 2.